The molecular formula is C19H19FN4O3. The van der Waals surface area contributed by atoms with Gasteiger partial charge in [-0.1, -0.05) is 0 Å². The maximum absolute atomic E-state index is 14.4. The van der Waals surface area contributed by atoms with Crippen LogP contribution in [0.25, 0.3) is 11.3 Å². The number of benzene rings is 2. The highest BCUT2D eigenvalue weighted by Gasteiger charge is 2.18. The van der Waals surface area contributed by atoms with Crippen molar-refractivity contribution < 1.29 is 18.7 Å². The molecule has 0 saturated heterocycles. The molecule has 3 N–H and O–H groups in total. The number of anilines is 2. The van der Waals surface area contributed by atoms with Crippen LogP contribution in [0.2, 0.25) is 0 Å². The third kappa shape index (κ3) is 4.00. The van der Waals surface area contributed by atoms with Crippen LogP contribution in [-0.2, 0) is 0 Å². The van der Waals surface area contributed by atoms with E-state index in [4.69, 9.17) is 9.47 Å². The van der Waals surface area contributed by atoms with E-state index < -0.39 is 11.8 Å². The van der Waals surface area contributed by atoms with Crippen molar-refractivity contribution in [1.82, 2.24) is 10.2 Å². The number of H-pyrrole nitrogens is 1. The lowest BCUT2D eigenvalue weighted by atomic mass is 10.1. The summed E-state index contributed by atoms with van der Waals surface area (Å²) in [6.45, 7) is 1.74. The van der Waals surface area contributed by atoms with Crippen molar-refractivity contribution >= 4 is 17.4 Å². The standard InChI is InChI=1S/C19H19FN4O3/c1-11-17(22-19(25)21-12-4-6-13(26-2)7-5-12)18(24-23-11)15-9-8-14(27-3)10-16(15)20/h4-10H,1-3H3,(H,23,24)(H2,21,22,25). The Bertz CT molecular complexity index is 954. The molecule has 0 aliphatic carbocycles. The van der Waals surface area contributed by atoms with Crippen LogP contribution in [0, 0.1) is 12.7 Å². The predicted molar refractivity (Wildman–Crippen MR) is 101 cm³/mol. The van der Waals surface area contributed by atoms with Gasteiger partial charge in [0.15, 0.2) is 0 Å². The van der Waals surface area contributed by atoms with Crippen molar-refractivity contribution in [2.45, 2.75) is 6.92 Å². The third-order valence-corrected chi connectivity index (χ3v) is 3.97. The summed E-state index contributed by atoms with van der Waals surface area (Å²) >= 11 is 0. The van der Waals surface area contributed by atoms with Gasteiger partial charge in [-0.2, -0.15) is 5.10 Å². The number of nitrogens with zero attached hydrogens (tertiary/aromatic N) is 1. The molecule has 7 nitrogen and oxygen atoms in total. The van der Waals surface area contributed by atoms with Crippen LogP contribution in [0.3, 0.4) is 0 Å². The first-order valence-corrected chi connectivity index (χ1v) is 8.12. The van der Waals surface area contributed by atoms with Crippen molar-refractivity contribution in [2.75, 3.05) is 24.9 Å². The summed E-state index contributed by atoms with van der Waals surface area (Å²) in [6, 6.07) is 10.9. The molecule has 0 unspecified atom stereocenters. The summed E-state index contributed by atoms with van der Waals surface area (Å²) in [5.41, 5.74) is 2.14. The fourth-order valence-corrected chi connectivity index (χ4v) is 2.54. The second-order valence-electron chi connectivity index (χ2n) is 5.73. The van der Waals surface area contributed by atoms with Gasteiger partial charge in [0.25, 0.3) is 0 Å². The average molecular weight is 370 g/mol. The fraction of sp³-hybridized carbons (Fsp3) is 0.158. The number of halogens is 1. The van der Waals surface area contributed by atoms with E-state index in [1.54, 1.807) is 50.4 Å². The molecule has 0 aliphatic rings. The van der Waals surface area contributed by atoms with E-state index in [2.05, 4.69) is 20.8 Å². The van der Waals surface area contributed by atoms with E-state index in [0.29, 0.717) is 34.3 Å². The van der Waals surface area contributed by atoms with Crippen molar-refractivity contribution in [1.29, 1.82) is 0 Å². The van der Waals surface area contributed by atoms with E-state index in [-0.39, 0.29) is 5.56 Å². The molecule has 0 spiro atoms. The molecule has 3 rings (SSSR count). The van der Waals surface area contributed by atoms with E-state index >= 15 is 0 Å². The molecule has 0 saturated carbocycles. The van der Waals surface area contributed by atoms with Gasteiger partial charge in [-0.15, -0.1) is 0 Å². The molecule has 3 aromatic rings. The Morgan fingerprint density at radius 1 is 1.04 bits per heavy atom. The van der Waals surface area contributed by atoms with Crippen molar-refractivity contribution in [3.8, 4) is 22.8 Å². The van der Waals surface area contributed by atoms with E-state index in [1.165, 1.54) is 13.2 Å². The lowest BCUT2D eigenvalue weighted by Gasteiger charge is -2.10. The van der Waals surface area contributed by atoms with Gasteiger partial charge in [0, 0.05) is 17.3 Å². The molecule has 27 heavy (non-hydrogen) atoms. The molecule has 0 atom stereocenters. The molecule has 8 heteroatoms. The van der Waals surface area contributed by atoms with Crippen molar-refractivity contribution in [3.63, 3.8) is 0 Å². The number of methoxy groups -OCH3 is 2. The van der Waals surface area contributed by atoms with E-state index in [9.17, 15) is 9.18 Å². The number of carbonyl (C=O) groups excluding carboxylic acids is 1. The van der Waals surface area contributed by atoms with Crippen LogP contribution >= 0.6 is 0 Å². The average Bonchev–Trinajstić information content (AvgIpc) is 3.02. The van der Waals surface area contributed by atoms with Crippen molar-refractivity contribution in [3.05, 3.63) is 54.0 Å². The number of hydrogen-bond acceptors (Lipinski definition) is 4. The number of ether oxygens (including phenoxy) is 2. The quantitative estimate of drug-likeness (QED) is 0.628. The monoisotopic (exact) mass is 370 g/mol. The second-order valence-corrected chi connectivity index (χ2v) is 5.73. The van der Waals surface area contributed by atoms with Crippen LogP contribution in [0.4, 0.5) is 20.6 Å². The van der Waals surface area contributed by atoms with Crippen LogP contribution in [0.5, 0.6) is 11.5 Å². The molecule has 0 radical (unpaired) electrons. The lowest BCUT2D eigenvalue weighted by molar-refractivity contribution is 0.262. The first kappa shape index (κ1) is 18.2. The minimum Gasteiger partial charge on any atom is -0.497 e. The number of hydrogen-bond donors (Lipinski definition) is 3. The van der Waals surface area contributed by atoms with Gasteiger partial charge in [-0.3, -0.25) is 5.10 Å². The van der Waals surface area contributed by atoms with Gasteiger partial charge >= 0.3 is 6.03 Å². The highest BCUT2D eigenvalue weighted by Crippen LogP contribution is 2.32. The number of aromatic nitrogens is 2. The predicted octanol–water partition coefficient (Wildman–Crippen LogP) is 4.19. The van der Waals surface area contributed by atoms with Crippen LogP contribution in [0.15, 0.2) is 42.5 Å². The van der Waals surface area contributed by atoms with Crippen LogP contribution in [0.1, 0.15) is 5.69 Å². The van der Waals surface area contributed by atoms with E-state index in [1.807, 2.05) is 0 Å². The Hall–Kier alpha value is -3.55. The molecule has 0 aliphatic heterocycles. The van der Waals surface area contributed by atoms with E-state index in [0.717, 1.165) is 0 Å². The summed E-state index contributed by atoms with van der Waals surface area (Å²) in [4.78, 5) is 12.3. The molecule has 1 aromatic heterocycles. The summed E-state index contributed by atoms with van der Waals surface area (Å²) in [7, 11) is 3.03. The number of aryl methyl sites for hydroxylation is 1. The Labute approximate surface area is 155 Å². The molecule has 2 aromatic carbocycles. The Balaban J connectivity index is 1.81. The molecule has 2 amide bonds. The zero-order chi connectivity index (χ0) is 19.4. The molecule has 0 fully saturated rings. The largest absolute Gasteiger partial charge is 0.497 e. The van der Waals surface area contributed by atoms with Crippen LogP contribution < -0.4 is 20.1 Å². The van der Waals surface area contributed by atoms with Crippen LogP contribution in [-0.4, -0.2) is 30.4 Å². The number of carbonyl (C=O) groups is 1. The molecule has 140 valence electrons. The summed E-state index contributed by atoms with van der Waals surface area (Å²) in [5.74, 6) is 0.582. The zero-order valence-corrected chi connectivity index (χ0v) is 15.1. The highest BCUT2D eigenvalue weighted by atomic mass is 19.1. The SMILES string of the molecule is COc1ccc(NC(=O)Nc2c(-c3ccc(OC)cc3F)n[nH]c2C)cc1. The zero-order valence-electron chi connectivity index (χ0n) is 15.1. The van der Waals surface area contributed by atoms with Gasteiger partial charge in [0.05, 0.1) is 25.6 Å². The van der Waals surface area contributed by atoms with Gasteiger partial charge in [-0.25, -0.2) is 9.18 Å². The third-order valence-electron chi connectivity index (χ3n) is 3.97. The minimum atomic E-state index is -0.500. The first-order valence-electron chi connectivity index (χ1n) is 8.12. The van der Waals surface area contributed by atoms with Gasteiger partial charge in [-0.05, 0) is 43.3 Å². The van der Waals surface area contributed by atoms with Gasteiger partial charge in [0.2, 0.25) is 0 Å². The number of aromatic amines is 1. The second kappa shape index (κ2) is 7.77. The van der Waals surface area contributed by atoms with Gasteiger partial charge in [0.1, 0.15) is 23.0 Å². The Morgan fingerprint density at radius 3 is 2.33 bits per heavy atom. The number of urea groups is 1. The molecule has 1 heterocycles. The van der Waals surface area contributed by atoms with Gasteiger partial charge < -0.3 is 20.1 Å². The molecular weight excluding hydrogens is 351 g/mol. The van der Waals surface area contributed by atoms with Crippen molar-refractivity contribution in [2.24, 2.45) is 0 Å². The number of amides is 2. The minimum absolute atomic E-state index is 0.250. The summed E-state index contributed by atoms with van der Waals surface area (Å²) in [6.07, 6.45) is 0. The normalized spacial score (nSPS) is 10.4. The Morgan fingerprint density at radius 2 is 1.70 bits per heavy atom. The summed E-state index contributed by atoms with van der Waals surface area (Å²) in [5, 5.41) is 12.3. The number of nitrogens with one attached hydrogen (secondary N) is 3. The maximum Gasteiger partial charge on any atom is 0.323 e. The topological polar surface area (TPSA) is 88.3 Å². The lowest BCUT2D eigenvalue weighted by Crippen LogP contribution is -2.20. The smallest absolute Gasteiger partial charge is 0.323 e. The maximum atomic E-state index is 14.4. The number of rotatable bonds is 5. The summed E-state index contributed by atoms with van der Waals surface area (Å²) < 4.78 is 24.5. The molecule has 0 bridgehead atoms. The highest BCUT2D eigenvalue weighted by molar-refractivity contribution is 6.02. The Kier molecular flexibility index (Phi) is 5.25. The fourth-order valence-electron chi connectivity index (χ4n) is 2.54. The first-order chi connectivity index (χ1) is 13.0.